The zero-order valence-electron chi connectivity index (χ0n) is 13.9. The lowest BCUT2D eigenvalue weighted by atomic mass is 10.1. The molecule has 1 aliphatic heterocycles. The topological polar surface area (TPSA) is 49.8 Å². The van der Waals surface area contributed by atoms with Gasteiger partial charge < -0.3 is 9.84 Å². The number of benzene rings is 2. The number of phenols is 1. The van der Waals surface area contributed by atoms with Crippen LogP contribution in [-0.4, -0.2) is 33.9 Å². The highest BCUT2D eigenvalue weighted by Gasteiger charge is 2.31. The maximum atomic E-state index is 12.7. The molecule has 0 saturated carbocycles. The summed E-state index contributed by atoms with van der Waals surface area (Å²) in [4.78, 5) is 14.8. The number of methoxy groups -OCH3 is 1. The molecule has 2 aromatic carbocycles. The number of thiocarbonyl (C=S) groups is 1. The number of amides is 1. The van der Waals surface area contributed by atoms with Crippen LogP contribution >= 0.6 is 35.6 Å². The first-order valence-corrected chi connectivity index (χ1v) is 9.45. The summed E-state index contributed by atoms with van der Waals surface area (Å²) >= 11 is 12.6. The fourth-order valence-corrected chi connectivity index (χ4v) is 4.09. The lowest BCUT2D eigenvalue weighted by molar-refractivity contribution is -0.122. The Hall–Kier alpha value is -2.02. The first kappa shape index (κ1) is 18.8. The standard InChI is InChI=1S/C19H16ClNO3S2/c1-24-15-10-13(9-14(20)17(15)22)11-16-18(23)21(19(25)26-16)8-7-12-5-3-2-4-6-12/h2-6,9-11,22H,7-8H2,1H3/b16-11-. The molecule has 1 N–H and O–H groups in total. The molecule has 0 radical (unpaired) electrons. The van der Waals surface area contributed by atoms with E-state index in [9.17, 15) is 9.90 Å². The summed E-state index contributed by atoms with van der Waals surface area (Å²) in [6, 6.07) is 13.2. The van der Waals surface area contributed by atoms with E-state index < -0.39 is 0 Å². The van der Waals surface area contributed by atoms with Gasteiger partial charge in [0.15, 0.2) is 11.5 Å². The van der Waals surface area contributed by atoms with Gasteiger partial charge in [-0.3, -0.25) is 9.69 Å². The highest BCUT2D eigenvalue weighted by molar-refractivity contribution is 8.26. The lowest BCUT2D eigenvalue weighted by Gasteiger charge is -2.14. The fourth-order valence-electron chi connectivity index (χ4n) is 2.56. The van der Waals surface area contributed by atoms with Crippen molar-refractivity contribution < 1.29 is 14.6 Å². The number of rotatable bonds is 5. The molecule has 3 rings (SSSR count). The highest BCUT2D eigenvalue weighted by atomic mass is 35.5. The average molecular weight is 406 g/mol. The van der Waals surface area contributed by atoms with Gasteiger partial charge in [-0.15, -0.1) is 0 Å². The smallest absolute Gasteiger partial charge is 0.266 e. The van der Waals surface area contributed by atoms with E-state index in [4.69, 9.17) is 28.6 Å². The zero-order chi connectivity index (χ0) is 18.7. The van der Waals surface area contributed by atoms with E-state index in [-0.39, 0.29) is 22.4 Å². The van der Waals surface area contributed by atoms with Crippen molar-refractivity contribution in [3.05, 3.63) is 63.5 Å². The molecule has 1 fully saturated rings. The average Bonchev–Trinajstić information content (AvgIpc) is 2.90. The number of nitrogens with zero attached hydrogens (tertiary/aromatic N) is 1. The van der Waals surface area contributed by atoms with Crippen molar-refractivity contribution in [3.63, 3.8) is 0 Å². The minimum atomic E-state index is -0.126. The molecule has 0 spiro atoms. The van der Waals surface area contributed by atoms with Gasteiger partial charge in [-0.1, -0.05) is 65.9 Å². The van der Waals surface area contributed by atoms with E-state index in [2.05, 4.69) is 0 Å². The molecule has 2 aromatic rings. The first-order chi connectivity index (χ1) is 12.5. The van der Waals surface area contributed by atoms with E-state index in [1.54, 1.807) is 23.1 Å². The summed E-state index contributed by atoms with van der Waals surface area (Å²) in [6.07, 6.45) is 2.44. The minimum absolute atomic E-state index is 0.123. The van der Waals surface area contributed by atoms with E-state index in [1.807, 2.05) is 30.3 Å². The number of carbonyl (C=O) groups is 1. The molecular formula is C19H16ClNO3S2. The number of hydrogen-bond donors (Lipinski definition) is 1. The van der Waals surface area contributed by atoms with Crippen molar-refractivity contribution in [3.8, 4) is 11.5 Å². The van der Waals surface area contributed by atoms with Crippen LogP contribution in [0.2, 0.25) is 5.02 Å². The Bertz CT molecular complexity index is 884. The number of hydrogen-bond acceptors (Lipinski definition) is 5. The normalized spacial score (nSPS) is 15.8. The molecule has 1 aliphatic rings. The summed E-state index contributed by atoms with van der Waals surface area (Å²) in [5, 5.41) is 9.98. The van der Waals surface area contributed by atoms with E-state index >= 15 is 0 Å². The second-order valence-corrected chi connectivity index (χ2v) is 7.71. The molecule has 4 nitrogen and oxygen atoms in total. The molecule has 1 amide bonds. The van der Waals surface area contributed by atoms with Crippen LogP contribution in [0.15, 0.2) is 47.4 Å². The molecule has 1 saturated heterocycles. The molecular weight excluding hydrogens is 390 g/mol. The van der Waals surface area contributed by atoms with E-state index in [0.717, 1.165) is 12.0 Å². The van der Waals surface area contributed by atoms with E-state index in [0.29, 0.717) is 21.3 Å². The number of phenolic OH excluding ortho intramolecular Hbond substituents is 1. The Morgan fingerprint density at radius 2 is 2.04 bits per heavy atom. The lowest BCUT2D eigenvalue weighted by Crippen LogP contribution is -2.30. The molecule has 0 atom stereocenters. The predicted molar refractivity (Wildman–Crippen MR) is 110 cm³/mol. The number of carbonyl (C=O) groups excluding carboxylic acids is 1. The molecule has 0 aromatic heterocycles. The second-order valence-electron chi connectivity index (χ2n) is 5.62. The maximum Gasteiger partial charge on any atom is 0.266 e. The zero-order valence-corrected chi connectivity index (χ0v) is 16.3. The summed E-state index contributed by atoms with van der Waals surface area (Å²) in [5.41, 5.74) is 1.81. The van der Waals surface area contributed by atoms with Crippen molar-refractivity contribution in [1.29, 1.82) is 0 Å². The van der Waals surface area contributed by atoms with Crippen LogP contribution in [0.5, 0.6) is 11.5 Å². The number of halogens is 1. The largest absolute Gasteiger partial charge is 0.503 e. The number of ether oxygens (including phenoxy) is 1. The van der Waals surface area contributed by atoms with Crippen LogP contribution in [0.3, 0.4) is 0 Å². The Labute approximate surface area is 166 Å². The van der Waals surface area contributed by atoms with Gasteiger partial charge in [-0.25, -0.2) is 0 Å². The van der Waals surface area contributed by atoms with Crippen LogP contribution < -0.4 is 4.74 Å². The molecule has 0 bridgehead atoms. The van der Waals surface area contributed by atoms with Gasteiger partial charge in [0.25, 0.3) is 5.91 Å². The van der Waals surface area contributed by atoms with Crippen molar-refractivity contribution >= 4 is 51.9 Å². The fraction of sp³-hybridized carbons (Fsp3) is 0.158. The van der Waals surface area contributed by atoms with Crippen molar-refractivity contribution in [2.24, 2.45) is 0 Å². The van der Waals surface area contributed by atoms with Gasteiger partial charge in [0, 0.05) is 6.54 Å². The molecule has 7 heteroatoms. The summed E-state index contributed by atoms with van der Waals surface area (Å²) < 4.78 is 5.63. The van der Waals surface area contributed by atoms with Crippen molar-refractivity contribution in [2.45, 2.75) is 6.42 Å². The monoisotopic (exact) mass is 405 g/mol. The summed E-state index contributed by atoms with van der Waals surface area (Å²) in [5.74, 6) is 0.00382. The SMILES string of the molecule is COc1cc(/C=C2\SC(=S)N(CCc3ccccc3)C2=O)cc(Cl)c1O. The van der Waals surface area contributed by atoms with E-state index in [1.165, 1.54) is 18.9 Å². The Morgan fingerprint density at radius 3 is 2.73 bits per heavy atom. The summed E-state index contributed by atoms with van der Waals surface area (Å²) in [6.45, 7) is 0.533. The summed E-state index contributed by atoms with van der Waals surface area (Å²) in [7, 11) is 1.44. The Balaban J connectivity index is 1.78. The van der Waals surface area contributed by atoms with Gasteiger partial charge in [-0.05, 0) is 35.8 Å². The quantitative estimate of drug-likeness (QED) is 0.586. The van der Waals surface area contributed by atoms with Gasteiger partial charge in [0.2, 0.25) is 0 Å². The predicted octanol–water partition coefficient (Wildman–Crippen LogP) is 4.50. The van der Waals surface area contributed by atoms with Crippen LogP contribution in [-0.2, 0) is 11.2 Å². The van der Waals surface area contributed by atoms with Gasteiger partial charge in [0.1, 0.15) is 4.32 Å². The van der Waals surface area contributed by atoms with Gasteiger partial charge in [-0.2, -0.15) is 0 Å². The third-order valence-electron chi connectivity index (χ3n) is 3.91. The van der Waals surface area contributed by atoms with Crippen molar-refractivity contribution in [1.82, 2.24) is 4.90 Å². The Kier molecular flexibility index (Phi) is 5.86. The maximum absolute atomic E-state index is 12.7. The van der Waals surface area contributed by atoms with Crippen LogP contribution in [0, 0.1) is 0 Å². The molecule has 134 valence electrons. The molecule has 26 heavy (non-hydrogen) atoms. The number of aromatic hydroxyl groups is 1. The Morgan fingerprint density at radius 1 is 1.31 bits per heavy atom. The molecule has 1 heterocycles. The van der Waals surface area contributed by atoms with Gasteiger partial charge >= 0.3 is 0 Å². The van der Waals surface area contributed by atoms with Crippen LogP contribution in [0.25, 0.3) is 6.08 Å². The molecule has 0 aliphatic carbocycles. The first-order valence-electron chi connectivity index (χ1n) is 7.85. The third-order valence-corrected chi connectivity index (χ3v) is 5.57. The number of thioether (sulfide) groups is 1. The second kappa shape index (κ2) is 8.12. The van der Waals surface area contributed by atoms with Crippen LogP contribution in [0.4, 0.5) is 0 Å². The van der Waals surface area contributed by atoms with Crippen molar-refractivity contribution in [2.75, 3.05) is 13.7 Å². The van der Waals surface area contributed by atoms with Crippen LogP contribution in [0.1, 0.15) is 11.1 Å². The highest BCUT2D eigenvalue weighted by Crippen LogP contribution is 2.38. The molecule has 0 unspecified atom stereocenters. The minimum Gasteiger partial charge on any atom is -0.503 e. The van der Waals surface area contributed by atoms with Gasteiger partial charge in [0.05, 0.1) is 17.0 Å². The third kappa shape index (κ3) is 4.03.